The van der Waals surface area contributed by atoms with E-state index in [-0.39, 0.29) is 23.0 Å². The Hall–Kier alpha value is -3.39. The standard InChI is InChI=1S/C23H22ClFN4O3/c1-32-18-5-2-16(3-6-18)21-13-22(30)29(15-26-21)14-23(31)28-10-8-27(9-11-28)17-4-7-20(25)19(24)12-17/h2-7,12-13,15H,8-11,14H2,1H3. The minimum atomic E-state index is -0.457. The van der Waals surface area contributed by atoms with Crippen molar-refractivity contribution >= 4 is 23.2 Å². The molecule has 0 atom stereocenters. The highest BCUT2D eigenvalue weighted by Gasteiger charge is 2.22. The highest BCUT2D eigenvalue weighted by molar-refractivity contribution is 6.31. The van der Waals surface area contributed by atoms with Crippen LogP contribution in [0.2, 0.25) is 5.02 Å². The first kappa shape index (κ1) is 21.8. The summed E-state index contributed by atoms with van der Waals surface area (Å²) in [6.07, 6.45) is 1.40. The zero-order valence-corrected chi connectivity index (χ0v) is 18.3. The molecule has 1 aromatic heterocycles. The number of nitrogens with zero attached hydrogens (tertiary/aromatic N) is 4. The maximum absolute atomic E-state index is 13.4. The second kappa shape index (κ2) is 9.40. The van der Waals surface area contributed by atoms with E-state index in [2.05, 4.69) is 4.98 Å². The molecule has 3 aromatic rings. The van der Waals surface area contributed by atoms with Gasteiger partial charge in [0.15, 0.2) is 0 Å². The molecule has 1 aliphatic heterocycles. The number of methoxy groups -OCH3 is 1. The van der Waals surface area contributed by atoms with Gasteiger partial charge in [-0.1, -0.05) is 11.6 Å². The summed E-state index contributed by atoms with van der Waals surface area (Å²) in [6, 6.07) is 13.3. The van der Waals surface area contributed by atoms with Crippen molar-refractivity contribution in [2.24, 2.45) is 0 Å². The van der Waals surface area contributed by atoms with Crippen molar-refractivity contribution in [3.05, 3.63) is 76.1 Å². The number of halogens is 2. The van der Waals surface area contributed by atoms with E-state index in [0.29, 0.717) is 31.9 Å². The second-order valence-electron chi connectivity index (χ2n) is 7.44. The van der Waals surface area contributed by atoms with Crippen LogP contribution < -0.4 is 15.2 Å². The quantitative estimate of drug-likeness (QED) is 0.590. The third-order valence-corrected chi connectivity index (χ3v) is 5.76. The van der Waals surface area contributed by atoms with E-state index in [4.69, 9.17) is 16.3 Å². The summed E-state index contributed by atoms with van der Waals surface area (Å²) in [5, 5.41) is 0.0750. The monoisotopic (exact) mass is 456 g/mol. The number of piperazine rings is 1. The predicted octanol–water partition coefficient (Wildman–Crippen LogP) is 3.06. The molecule has 0 unspecified atom stereocenters. The van der Waals surface area contributed by atoms with Crippen LogP contribution in [-0.2, 0) is 11.3 Å². The lowest BCUT2D eigenvalue weighted by atomic mass is 10.1. The predicted molar refractivity (Wildman–Crippen MR) is 121 cm³/mol. The SMILES string of the molecule is COc1ccc(-c2cc(=O)n(CC(=O)N3CCN(c4ccc(F)c(Cl)c4)CC3)cn2)cc1. The number of benzene rings is 2. The summed E-state index contributed by atoms with van der Waals surface area (Å²) in [5.74, 6) is 0.111. The lowest BCUT2D eigenvalue weighted by molar-refractivity contribution is -0.132. The molecule has 1 fully saturated rings. The number of carbonyl (C=O) groups excluding carboxylic acids is 1. The van der Waals surface area contributed by atoms with Crippen molar-refractivity contribution in [3.8, 4) is 17.0 Å². The molecule has 2 heterocycles. The van der Waals surface area contributed by atoms with Gasteiger partial charge in [-0.3, -0.25) is 14.2 Å². The number of anilines is 1. The average Bonchev–Trinajstić information content (AvgIpc) is 2.82. The molecule has 9 heteroatoms. The normalized spacial score (nSPS) is 13.8. The fourth-order valence-corrected chi connectivity index (χ4v) is 3.78. The van der Waals surface area contributed by atoms with E-state index in [9.17, 15) is 14.0 Å². The van der Waals surface area contributed by atoms with Crippen LogP contribution in [0, 0.1) is 5.82 Å². The number of aromatic nitrogens is 2. The lowest BCUT2D eigenvalue weighted by Gasteiger charge is -2.36. The van der Waals surface area contributed by atoms with Gasteiger partial charge in [-0.05, 0) is 42.5 Å². The number of ether oxygens (including phenoxy) is 1. The Morgan fingerprint density at radius 1 is 1.09 bits per heavy atom. The van der Waals surface area contributed by atoms with Gasteiger partial charge < -0.3 is 14.5 Å². The Bertz CT molecular complexity index is 1170. The molecule has 32 heavy (non-hydrogen) atoms. The fraction of sp³-hybridized carbons (Fsp3) is 0.261. The van der Waals surface area contributed by atoms with Crippen molar-refractivity contribution in [1.29, 1.82) is 0 Å². The van der Waals surface area contributed by atoms with Crippen molar-refractivity contribution in [2.75, 3.05) is 38.2 Å². The lowest BCUT2D eigenvalue weighted by Crippen LogP contribution is -2.50. The molecule has 1 amide bonds. The van der Waals surface area contributed by atoms with Crippen LogP contribution in [0.25, 0.3) is 11.3 Å². The highest BCUT2D eigenvalue weighted by Crippen LogP contribution is 2.24. The van der Waals surface area contributed by atoms with E-state index in [1.165, 1.54) is 23.0 Å². The van der Waals surface area contributed by atoms with Crippen molar-refractivity contribution < 1.29 is 13.9 Å². The van der Waals surface area contributed by atoms with Gasteiger partial charge in [0.1, 0.15) is 18.1 Å². The topological polar surface area (TPSA) is 67.7 Å². The maximum atomic E-state index is 13.4. The molecule has 2 aromatic carbocycles. The van der Waals surface area contributed by atoms with E-state index < -0.39 is 5.82 Å². The van der Waals surface area contributed by atoms with Crippen LogP contribution in [-0.4, -0.2) is 53.6 Å². The van der Waals surface area contributed by atoms with Crippen LogP contribution in [0.5, 0.6) is 5.75 Å². The van der Waals surface area contributed by atoms with E-state index in [1.807, 2.05) is 17.0 Å². The Morgan fingerprint density at radius 2 is 1.81 bits per heavy atom. The molecule has 1 saturated heterocycles. The summed E-state index contributed by atoms with van der Waals surface area (Å²) in [7, 11) is 1.59. The van der Waals surface area contributed by atoms with Gasteiger partial charge >= 0.3 is 0 Å². The van der Waals surface area contributed by atoms with Gasteiger partial charge in [-0.2, -0.15) is 0 Å². The fourth-order valence-electron chi connectivity index (χ4n) is 3.61. The summed E-state index contributed by atoms with van der Waals surface area (Å²) in [6.45, 7) is 2.12. The molecule has 0 radical (unpaired) electrons. The molecule has 4 rings (SSSR count). The van der Waals surface area contributed by atoms with Gasteiger partial charge in [0, 0.05) is 43.5 Å². The summed E-state index contributed by atoms with van der Waals surface area (Å²) in [5.41, 5.74) is 1.85. The first-order chi connectivity index (χ1) is 15.4. The average molecular weight is 457 g/mol. The minimum absolute atomic E-state index is 0.0723. The molecule has 166 valence electrons. The van der Waals surface area contributed by atoms with Crippen molar-refractivity contribution in [1.82, 2.24) is 14.5 Å². The molecule has 7 nitrogen and oxygen atoms in total. The molecule has 0 saturated carbocycles. The number of amides is 1. The van der Waals surface area contributed by atoms with Crippen LogP contribution in [0.4, 0.5) is 10.1 Å². The van der Waals surface area contributed by atoms with Crippen LogP contribution >= 0.6 is 11.6 Å². The summed E-state index contributed by atoms with van der Waals surface area (Å²) in [4.78, 5) is 33.3. The third kappa shape index (κ3) is 4.75. The molecule has 0 spiro atoms. The number of hydrogen-bond donors (Lipinski definition) is 0. The smallest absolute Gasteiger partial charge is 0.254 e. The zero-order chi connectivity index (χ0) is 22.7. The van der Waals surface area contributed by atoms with Crippen molar-refractivity contribution in [3.63, 3.8) is 0 Å². The van der Waals surface area contributed by atoms with E-state index in [1.54, 1.807) is 36.3 Å². The Morgan fingerprint density at radius 3 is 2.44 bits per heavy atom. The Kier molecular flexibility index (Phi) is 6.41. The second-order valence-corrected chi connectivity index (χ2v) is 7.84. The molecule has 0 bridgehead atoms. The highest BCUT2D eigenvalue weighted by atomic mass is 35.5. The van der Waals surface area contributed by atoms with E-state index in [0.717, 1.165) is 17.0 Å². The van der Waals surface area contributed by atoms with Gasteiger partial charge in [0.2, 0.25) is 5.91 Å². The molecule has 0 aliphatic carbocycles. The Balaban J connectivity index is 1.37. The Labute approximate surface area is 189 Å². The number of rotatable bonds is 5. The number of hydrogen-bond acceptors (Lipinski definition) is 5. The van der Waals surface area contributed by atoms with E-state index >= 15 is 0 Å². The first-order valence-corrected chi connectivity index (χ1v) is 10.5. The van der Waals surface area contributed by atoms with Crippen LogP contribution in [0.15, 0.2) is 59.7 Å². The molecular weight excluding hydrogens is 435 g/mol. The number of carbonyl (C=O) groups is 1. The molecule has 1 aliphatic rings. The van der Waals surface area contributed by atoms with Crippen molar-refractivity contribution in [2.45, 2.75) is 6.54 Å². The van der Waals surface area contributed by atoms with Gasteiger partial charge in [-0.25, -0.2) is 9.37 Å². The molecule has 0 N–H and O–H groups in total. The third-order valence-electron chi connectivity index (χ3n) is 5.47. The minimum Gasteiger partial charge on any atom is -0.497 e. The summed E-state index contributed by atoms with van der Waals surface area (Å²) >= 11 is 5.87. The largest absolute Gasteiger partial charge is 0.497 e. The van der Waals surface area contributed by atoms with Gasteiger partial charge in [0.25, 0.3) is 5.56 Å². The van der Waals surface area contributed by atoms with Gasteiger partial charge in [0.05, 0.1) is 24.2 Å². The first-order valence-electron chi connectivity index (χ1n) is 10.1. The van der Waals surface area contributed by atoms with Gasteiger partial charge in [-0.15, -0.1) is 0 Å². The molecular formula is C23H22ClFN4O3. The zero-order valence-electron chi connectivity index (χ0n) is 17.5. The van der Waals surface area contributed by atoms with Crippen LogP contribution in [0.1, 0.15) is 0 Å². The van der Waals surface area contributed by atoms with Crippen LogP contribution in [0.3, 0.4) is 0 Å². The summed E-state index contributed by atoms with van der Waals surface area (Å²) < 4.78 is 19.8. The maximum Gasteiger partial charge on any atom is 0.254 e.